The van der Waals surface area contributed by atoms with Crippen molar-refractivity contribution in [3.63, 3.8) is 0 Å². The fraction of sp³-hybridized carbons (Fsp3) is 0.286. The van der Waals surface area contributed by atoms with Crippen LogP contribution >= 0.6 is 0 Å². The Morgan fingerprint density at radius 1 is 0.882 bits per heavy atom. The molecule has 0 atom stereocenters. The number of rotatable bonds is 5. The number of piperidine rings is 1. The molecule has 0 bridgehead atoms. The molecule has 170 valence electrons. The first-order valence-corrected chi connectivity index (χ1v) is 11.9. The van der Waals surface area contributed by atoms with Crippen LogP contribution in [0.3, 0.4) is 0 Å². The Kier molecular flexibility index (Phi) is 5.21. The van der Waals surface area contributed by atoms with Crippen molar-refractivity contribution < 1.29 is 14.1 Å². The van der Waals surface area contributed by atoms with Crippen molar-refractivity contribution in [2.75, 3.05) is 13.1 Å². The minimum atomic E-state index is -0.0543. The summed E-state index contributed by atoms with van der Waals surface area (Å²) in [5, 5.41) is 4.96. The SMILES string of the molecule is O=C(c1ccccc1)C1CCN(C(=O)c2cc(C3CC3)nc3onc(-c4ccccc4)c23)CC1. The number of hydrogen-bond acceptors (Lipinski definition) is 5. The highest BCUT2D eigenvalue weighted by molar-refractivity contribution is 6.09. The highest BCUT2D eigenvalue weighted by atomic mass is 16.5. The maximum absolute atomic E-state index is 13.8. The Morgan fingerprint density at radius 2 is 1.56 bits per heavy atom. The zero-order chi connectivity index (χ0) is 23.1. The van der Waals surface area contributed by atoms with E-state index >= 15 is 0 Å². The first-order valence-electron chi connectivity index (χ1n) is 11.9. The number of aromatic nitrogens is 2. The fourth-order valence-corrected chi connectivity index (χ4v) is 4.87. The molecule has 1 saturated heterocycles. The van der Waals surface area contributed by atoms with Gasteiger partial charge in [-0.05, 0) is 31.7 Å². The number of Topliss-reactive ketones (excluding diaryl/α,β-unsaturated/α-hetero) is 1. The third-order valence-corrected chi connectivity index (χ3v) is 6.95. The summed E-state index contributed by atoms with van der Waals surface area (Å²) >= 11 is 0. The van der Waals surface area contributed by atoms with Gasteiger partial charge in [-0.3, -0.25) is 9.59 Å². The standard InChI is InChI=1S/C28H25N3O3/c32-26(20-9-5-2-6-10-20)21-13-15-31(16-14-21)28(33)22-17-23(18-11-12-18)29-27-24(22)25(30-34-27)19-7-3-1-4-8-19/h1-10,17-18,21H,11-16H2. The van der Waals surface area contributed by atoms with E-state index in [9.17, 15) is 9.59 Å². The van der Waals surface area contributed by atoms with Crippen LogP contribution in [0.25, 0.3) is 22.4 Å². The van der Waals surface area contributed by atoms with Gasteiger partial charge in [-0.25, -0.2) is 4.98 Å². The van der Waals surface area contributed by atoms with E-state index in [1.54, 1.807) is 0 Å². The molecule has 1 aliphatic heterocycles. The van der Waals surface area contributed by atoms with Gasteiger partial charge in [0.2, 0.25) is 0 Å². The van der Waals surface area contributed by atoms with Crippen molar-refractivity contribution in [2.24, 2.45) is 5.92 Å². The number of amides is 1. The number of pyridine rings is 1. The molecule has 2 fully saturated rings. The van der Waals surface area contributed by atoms with Crippen LogP contribution in [0.1, 0.15) is 58.0 Å². The molecule has 0 N–H and O–H groups in total. The zero-order valence-corrected chi connectivity index (χ0v) is 18.8. The van der Waals surface area contributed by atoms with Crippen molar-refractivity contribution in [2.45, 2.75) is 31.6 Å². The first-order chi connectivity index (χ1) is 16.7. The molecule has 1 amide bonds. The number of carbonyl (C=O) groups excluding carboxylic acids is 2. The van der Waals surface area contributed by atoms with Crippen molar-refractivity contribution in [3.05, 3.63) is 83.6 Å². The van der Waals surface area contributed by atoms with Gasteiger partial charge in [-0.15, -0.1) is 0 Å². The molecule has 6 heteroatoms. The number of ketones is 1. The molecule has 1 saturated carbocycles. The number of carbonyl (C=O) groups is 2. The number of likely N-dealkylation sites (tertiary alicyclic amines) is 1. The average Bonchev–Trinajstić information content (AvgIpc) is 3.67. The van der Waals surface area contributed by atoms with E-state index in [4.69, 9.17) is 9.51 Å². The van der Waals surface area contributed by atoms with Crippen LogP contribution in [0, 0.1) is 5.92 Å². The minimum absolute atomic E-state index is 0.0414. The van der Waals surface area contributed by atoms with E-state index in [0.717, 1.165) is 29.7 Å². The predicted molar refractivity (Wildman–Crippen MR) is 129 cm³/mol. The zero-order valence-electron chi connectivity index (χ0n) is 18.8. The monoisotopic (exact) mass is 451 g/mol. The Labute approximate surface area is 197 Å². The molecule has 0 spiro atoms. The van der Waals surface area contributed by atoms with Gasteiger partial charge in [0.15, 0.2) is 5.78 Å². The fourth-order valence-electron chi connectivity index (χ4n) is 4.87. The average molecular weight is 452 g/mol. The molecule has 6 rings (SSSR count). The molecular weight excluding hydrogens is 426 g/mol. The Hall–Kier alpha value is -3.80. The number of fused-ring (bicyclic) bond motifs is 1. The van der Waals surface area contributed by atoms with Crippen molar-refractivity contribution >= 4 is 22.8 Å². The maximum atomic E-state index is 13.8. The third kappa shape index (κ3) is 3.79. The van der Waals surface area contributed by atoms with E-state index in [0.29, 0.717) is 54.2 Å². The molecular formula is C28H25N3O3. The molecule has 1 aliphatic carbocycles. The van der Waals surface area contributed by atoms with Gasteiger partial charge in [-0.2, -0.15) is 0 Å². The molecule has 2 aromatic heterocycles. The van der Waals surface area contributed by atoms with E-state index in [2.05, 4.69) is 5.16 Å². The Morgan fingerprint density at radius 3 is 2.24 bits per heavy atom. The summed E-state index contributed by atoms with van der Waals surface area (Å²) in [4.78, 5) is 33.2. The Bertz CT molecular complexity index is 1350. The van der Waals surface area contributed by atoms with Crippen LogP contribution in [0.4, 0.5) is 0 Å². The second-order valence-electron chi connectivity index (χ2n) is 9.24. The lowest BCUT2D eigenvalue weighted by Gasteiger charge is -2.31. The van der Waals surface area contributed by atoms with Crippen molar-refractivity contribution in [3.8, 4) is 11.3 Å². The van der Waals surface area contributed by atoms with Gasteiger partial charge in [0.25, 0.3) is 11.6 Å². The molecule has 0 radical (unpaired) electrons. The first kappa shape index (κ1) is 20.8. The summed E-state index contributed by atoms with van der Waals surface area (Å²) in [6.07, 6.45) is 3.49. The second-order valence-corrected chi connectivity index (χ2v) is 9.24. The van der Waals surface area contributed by atoms with Gasteiger partial charge in [-0.1, -0.05) is 65.8 Å². The summed E-state index contributed by atoms with van der Waals surface area (Å²) in [5.74, 6) is 0.456. The lowest BCUT2D eigenvalue weighted by Crippen LogP contribution is -2.40. The van der Waals surface area contributed by atoms with Crippen LogP contribution in [0.5, 0.6) is 0 Å². The lowest BCUT2D eigenvalue weighted by atomic mass is 9.88. The normalized spacial score (nSPS) is 16.6. The lowest BCUT2D eigenvalue weighted by molar-refractivity contribution is 0.0652. The van der Waals surface area contributed by atoms with Gasteiger partial charge >= 0.3 is 0 Å². The molecule has 4 aromatic rings. The van der Waals surface area contributed by atoms with Gasteiger partial charge in [0.1, 0.15) is 5.69 Å². The summed E-state index contributed by atoms with van der Waals surface area (Å²) in [6.45, 7) is 1.10. The highest BCUT2D eigenvalue weighted by Gasteiger charge is 2.33. The summed E-state index contributed by atoms with van der Waals surface area (Å²) in [6, 6.07) is 21.1. The molecule has 0 unspecified atom stereocenters. The Balaban J connectivity index is 1.30. The predicted octanol–water partition coefficient (Wildman–Crippen LogP) is 5.50. The van der Waals surface area contributed by atoms with Crippen molar-refractivity contribution in [1.29, 1.82) is 0 Å². The maximum Gasteiger partial charge on any atom is 0.259 e. The number of hydrogen-bond donors (Lipinski definition) is 0. The quantitative estimate of drug-likeness (QED) is 0.374. The molecule has 34 heavy (non-hydrogen) atoms. The van der Waals surface area contributed by atoms with Crippen LogP contribution in [-0.2, 0) is 0 Å². The van der Waals surface area contributed by atoms with E-state index in [1.807, 2.05) is 71.6 Å². The molecule has 3 heterocycles. The van der Waals surface area contributed by atoms with Crippen LogP contribution in [0.2, 0.25) is 0 Å². The van der Waals surface area contributed by atoms with Gasteiger partial charge in [0, 0.05) is 41.7 Å². The molecule has 2 aromatic carbocycles. The van der Waals surface area contributed by atoms with Gasteiger partial charge in [0.05, 0.1) is 10.9 Å². The van der Waals surface area contributed by atoms with E-state index in [1.165, 1.54) is 0 Å². The highest BCUT2D eigenvalue weighted by Crippen LogP contribution is 2.41. The number of nitrogens with zero attached hydrogens (tertiary/aromatic N) is 3. The van der Waals surface area contributed by atoms with Crippen molar-refractivity contribution in [1.82, 2.24) is 15.0 Å². The van der Waals surface area contributed by atoms with E-state index < -0.39 is 0 Å². The van der Waals surface area contributed by atoms with E-state index in [-0.39, 0.29) is 17.6 Å². The summed E-state index contributed by atoms with van der Waals surface area (Å²) in [5.41, 5.74) is 4.20. The number of benzene rings is 2. The largest absolute Gasteiger partial charge is 0.339 e. The van der Waals surface area contributed by atoms with Crippen LogP contribution < -0.4 is 0 Å². The van der Waals surface area contributed by atoms with Crippen LogP contribution in [0.15, 0.2) is 71.3 Å². The summed E-state index contributed by atoms with van der Waals surface area (Å²) in [7, 11) is 0. The smallest absolute Gasteiger partial charge is 0.259 e. The second kappa shape index (κ2) is 8.52. The van der Waals surface area contributed by atoms with Crippen LogP contribution in [-0.4, -0.2) is 39.8 Å². The topological polar surface area (TPSA) is 76.3 Å². The van der Waals surface area contributed by atoms with Gasteiger partial charge < -0.3 is 9.42 Å². The summed E-state index contributed by atoms with van der Waals surface area (Å²) < 4.78 is 5.62. The molecule has 6 nitrogen and oxygen atoms in total. The molecule has 2 aliphatic rings. The minimum Gasteiger partial charge on any atom is -0.339 e. The third-order valence-electron chi connectivity index (χ3n) is 6.95.